The van der Waals surface area contributed by atoms with Crippen molar-refractivity contribution in [1.82, 2.24) is 0 Å². The zero-order valence-electron chi connectivity index (χ0n) is 15.7. The number of nitriles is 1. The number of nitrogens with one attached hydrogen (secondary N) is 1. The zero-order chi connectivity index (χ0) is 19.9. The van der Waals surface area contributed by atoms with E-state index in [1.54, 1.807) is 50.2 Å². The molecule has 0 aliphatic carbocycles. The molecule has 6 nitrogen and oxygen atoms in total. The third-order valence-corrected chi connectivity index (χ3v) is 5.84. The molecule has 0 heterocycles. The lowest BCUT2D eigenvalue weighted by atomic mass is 10.1. The van der Waals surface area contributed by atoms with Crippen molar-refractivity contribution in [2.45, 2.75) is 26.9 Å². The van der Waals surface area contributed by atoms with E-state index in [9.17, 15) is 14.6 Å². The summed E-state index contributed by atoms with van der Waals surface area (Å²) in [7, 11) is -3.19. The van der Waals surface area contributed by atoms with Gasteiger partial charge in [0.05, 0.1) is 30.6 Å². The fraction of sp³-hybridized carbons (Fsp3) is 0.300. The van der Waals surface area contributed by atoms with Crippen LogP contribution in [-0.4, -0.2) is 19.1 Å². The van der Waals surface area contributed by atoms with E-state index in [-0.39, 0.29) is 12.1 Å². The minimum absolute atomic E-state index is 0.146. The van der Waals surface area contributed by atoms with Gasteiger partial charge in [-0.3, -0.25) is 9.36 Å². The molecule has 0 aliphatic heterocycles. The second kappa shape index (κ2) is 9.48. The average Bonchev–Trinajstić information content (AvgIpc) is 2.64. The van der Waals surface area contributed by atoms with Crippen molar-refractivity contribution < 1.29 is 18.4 Å². The van der Waals surface area contributed by atoms with Gasteiger partial charge in [0.25, 0.3) is 5.91 Å². The Bertz CT molecular complexity index is 878. The maximum absolute atomic E-state index is 12.6. The van der Waals surface area contributed by atoms with Crippen LogP contribution in [0.5, 0.6) is 0 Å². The van der Waals surface area contributed by atoms with E-state index < -0.39 is 7.60 Å². The topological polar surface area (TPSA) is 88.4 Å². The third-order valence-electron chi connectivity index (χ3n) is 3.79. The van der Waals surface area contributed by atoms with E-state index in [1.807, 2.05) is 13.0 Å². The minimum Gasteiger partial charge on any atom is -0.321 e. The Kier molecular flexibility index (Phi) is 7.32. The van der Waals surface area contributed by atoms with Gasteiger partial charge in [-0.05, 0) is 56.2 Å². The first-order valence-electron chi connectivity index (χ1n) is 8.70. The van der Waals surface area contributed by atoms with Crippen LogP contribution < -0.4 is 5.32 Å². The highest BCUT2D eigenvalue weighted by Gasteiger charge is 2.24. The first kappa shape index (κ1) is 20.9. The third kappa shape index (κ3) is 5.77. The van der Waals surface area contributed by atoms with Crippen LogP contribution in [0, 0.1) is 18.3 Å². The van der Waals surface area contributed by atoms with Crippen LogP contribution in [0.1, 0.15) is 40.9 Å². The highest BCUT2D eigenvalue weighted by atomic mass is 31.2. The van der Waals surface area contributed by atoms with E-state index >= 15 is 0 Å². The Morgan fingerprint density at radius 3 is 2.30 bits per heavy atom. The molecule has 2 aromatic carbocycles. The second-order valence-corrected chi connectivity index (χ2v) is 7.97. The molecular weight excluding hydrogens is 363 g/mol. The summed E-state index contributed by atoms with van der Waals surface area (Å²) in [5, 5.41) is 12.0. The SMILES string of the molecule is CCOP(=O)(Cc1ccc(C(=O)Nc2ccc(C)cc2C#N)cc1)OCC. The standard InChI is InChI=1S/C20H23N2O4P/c1-4-25-27(24,26-5-2)14-16-7-9-17(10-8-16)20(23)22-19-11-6-15(3)12-18(19)13-21/h6-12H,4-5,14H2,1-3H3,(H,22,23). The molecule has 2 rings (SSSR count). The van der Waals surface area contributed by atoms with Gasteiger partial charge in [0.15, 0.2) is 0 Å². The van der Waals surface area contributed by atoms with Crippen molar-refractivity contribution >= 4 is 19.2 Å². The van der Waals surface area contributed by atoms with Crippen molar-refractivity contribution in [3.8, 4) is 6.07 Å². The zero-order valence-corrected chi connectivity index (χ0v) is 16.6. The first-order chi connectivity index (χ1) is 12.9. The van der Waals surface area contributed by atoms with Gasteiger partial charge in [0.1, 0.15) is 6.07 Å². The number of amides is 1. The van der Waals surface area contributed by atoms with E-state index in [2.05, 4.69) is 11.4 Å². The largest absolute Gasteiger partial charge is 0.335 e. The molecule has 142 valence electrons. The summed E-state index contributed by atoms with van der Waals surface area (Å²) in [4.78, 5) is 12.4. The number of hydrogen-bond donors (Lipinski definition) is 1. The van der Waals surface area contributed by atoms with Crippen LogP contribution in [0.3, 0.4) is 0 Å². The molecule has 0 radical (unpaired) electrons. The molecule has 27 heavy (non-hydrogen) atoms. The molecule has 7 heteroatoms. The number of hydrogen-bond acceptors (Lipinski definition) is 5. The van der Waals surface area contributed by atoms with Gasteiger partial charge in [-0.1, -0.05) is 18.2 Å². The number of carbonyl (C=O) groups excluding carboxylic acids is 1. The number of rotatable bonds is 8. The van der Waals surface area contributed by atoms with Gasteiger partial charge in [-0.2, -0.15) is 5.26 Å². The maximum atomic E-state index is 12.6. The van der Waals surface area contributed by atoms with Crippen LogP contribution in [0.2, 0.25) is 0 Å². The Labute approximate surface area is 159 Å². The van der Waals surface area contributed by atoms with Crippen molar-refractivity contribution in [3.05, 3.63) is 64.7 Å². The molecule has 1 amide bonds. The normalized spacial score (nSPS) is 11.0. The Hall–Kier alpha value is -2.45. The fourth-order valence-corrected chi connectivity index (χ4v) is 4.26. The lowest BCUT2D eigenvalue weighted by Crippen LogP contribution is -2.13. The van der Waals surface area contributed by atoms with Crippen molar-refractivity contribution in [2.24, 2.45) is 0 Å². The Balaban J connectivity index is 2.12. The molecule has 0 bridgehead atoms. The molecule has 0 fully saturated rings. The molecule has 0 spiro atoms. The molecule has 2 aromatic rings. The monoisotopic (exact) mass is 386 g/mol. The second-order valence-electron chi connectivity index (χ2n) is 5.92. The highest BCUT2D eigenvalue weighted by Crippen LogP contribution is 2.51. The van der Waals surface area contributed by atoms with Crippen molar-refractivity contribution in [3.63, 3.8) is 0 Å². The smallest absolute Gasteiger partial charge is 0.321 e. The quantitative estimate of drug-likeness (QED) is 0.653. The minimum atomic E-state index is -3.19. The Morgan fingerprint density at radius 2 is 1.74 bits per heavy atom. The Morgan fingerprint density at radius 1 is 1.11 bits per heavy atom. The summed E-state index contributed by atoms with van der Waals surface area (Å²) in [5.41, 5.74) is 3.02. The van der Waals surface area contributed by atoms with Gasteiger partial charge < -0.3 is 14.4 Å². The molecular formula is C20H23N2O4P. The van der Waals surface area contributed by atoms with Crippen LogP contribution in [-0.2, 0) is 19.8 Å². The number of anilines is 1. The van der Waals surface area contributed by atoms with Gasteiger partial charge in [0.2, 0.25) is 0 Å². The summed E-state index contributed by atoms with van der Waals surface area (Å²) in [6.45, 7) is 6.01. The van der Waals surface area contributed by atoms with E-state index in [0.717, 1.165) is 11.1 Å². The predicted molar refractivity (Wildman–Crippen MR) is 105 cm³/mol. The maximum Gasteiger partial charge on any atom is 0.335 e. The van der Waals surface area contributed by atoms with Gasteiger partial charge >= 0.3 is 7.60 Å². The van der Waals surface area contributed by atoms with Crippen LogP contribution in [0.4, 0.5) is 5.69 Å². The lowest BCUT2D eigenvalue weighted by molar-refractivity contribution is 0.102. The van der Waals surface area contributed by atoms with Gasteiger partial charge in [-0.15, -0.1) is 0 Å². The molecule has 0 saturated heterocycles. The molecule has 0 atom stereocenters. The van der Waals surface area contributed by atoms with E-state index in [1.165, 1.54) is 0 Å². The molecule has 1 N–H and O–H groups in total. The number of benzene rings is 2. The van der Waals surface area contributed by atoms with Crippen LogP contribution in [0.15, 0.2) is 42.5 Å². The van der Waals surface area contributed by atoms with Crippen LogP contribution >= 0.6 is 7.60 Å². The summed E-state index contributed by atoms with van der Waals surface area (Å²) in [6.07, 6.45) is 0.146. The summed E-state index contributed by atoms with van der Waals surface area (Å²) < 4.78 is 23.2. The molecule has 0 aliphatic rings. The van der Waals surface area contributed by atoms with Crippen molar-refractivity contribution in [2.75, 3.05) is 18.5 Å². The number of nitrogens with zero attached hydrogens (tertiary/aromatic N) is 1. The van der Waals surface area contributed by atoms with Crippen molar-refractivity contribution in [1.29, 1.82) is 5.26 Å². The first-order valence-corrected chi connectivity index (χ1v) is 10.4. The molecule has 0 saturated carbocycles. The summed E-state index contributed by atoms with van der Waals surface area (Å²) in [6, 6.07) is 14.1. The van der Waals surface area contributed by atoms with E-state index in [0.29, 0.717) is 30.0 Å². The highest BCUT2D eigenvalue weighted by molar-refractivity contribution is 7.53. The van der Waals surface area contributed by atoms with E-state index in [4.69, 9.17) is 9.05 Å². The summed E-state index contributed by atoms with van der Waals surface area (Å²) >= 11 is 0. The fourth-order valence-electron chi connectivity index (χ4n) is 2.56. The average molecular weight is 386 g/mol. The summed E-state index contributed by atoms with van der Waals surface area (Å²) in [5.74, 6) is -0.320. The van der Waals surface area contributed by atoms with Gasteiger partial charge in [-0.25, -0.2) is 0 Å². The lowest BCUT2D eigenvalue weighted by Gasteiger charge is -2.17. The van der Waals surface area contributed by atoms with Gasteiger partial charge in [0, 0.05) is 5.56 Å². The molecule has 0 aromatic heterocycles. The number of carbonyl (C=O) groups is 1. The number of aryl methyl sites for hydroxylation is 1. The van der Waals surface area contributed by atoms with Crippen LogP contribution in [0.25, 0.3) is 0 Å². The predicted octanol–water partition coefficient (Wildman–Crippen LogP) is 4.89. The molecule has 0 unspecified atom stereocenters.